The van der Waals surface area contributed by atoms with Crippen LogP contribution >= 0.6 is 46.1 Å². The van der Waals surface area contributed by atoms with Crippen LogP contribution in [0, 0.1) is 0 Å². The molecule has 1 heterocycles. The fourth-order valence-corrected chi connectivity index (χ4v) is 3.85. The number of nitrogens with one attached hydrogen (secondary N) is 1. The normalized spacial score (nSPS) is 10.2. The Balaban J connectivity index is 0.00000261. The van der Waals surface area contributed by atoms with Gasteiger partial charge in [-0.3, -0.25) is 4.79 Å². The van der Waals surface area contributed by atoms with E-state index in [1.807, 2.05) is 0 Å². The molecule has 1 aromatic heterocycles. The minimum atomic E-state index is -1.16. The van der Waals surface area contributed by atoms with Crippen molar-refractivity contribution in [2.45, 2.75) is 0 Å². The first-order chi connectivity index (χ1) is 12.3. The SMILES string of the molecule is O=C(Nc1ccc(-c2ccc(Cl)s2)cc1C(=O)O)c1ccc(Cl)cc1Cl.[LiH]. The molecule has 2 aromatic carbocycles. The van der Waals surface area contributed by atoms with Crippen molar-refractivity contribution in [2.24, 2.45) is 0 Å². The first kappa shape index (κ1) is 21.8. The summed E-state index contributed by atoms with van der Waals surface area (Å²) in [4.78, 5) is 24.9. The van der Waals surface area contributed by atoms with E-state index < -0.39 is 11.9 Å². The van der Waals surface area contributed by atoms with Crippen LogP contribution in [-0.4, -0.2) is 35.8 Å². The first-order valence-corrected chi connectivity index (χ1v) is 9.19. The van der Waals surface area contributed by atoms with Gasteiger partial charge in [-0.15, -0.1) is 11.3 Å². The molecular weight excluding hydrogens is 424 g/mol. The number of thiophene rings is 1. The van der Waals surface area contributed by atoms with Gasteiger partial charge < -0.3 is 10.4 Å². The molecule has 0 aliphatic heterocycles. The Bertz CT molecular complexity index is 1020. The Labute approximate surface area is 186 Å². The second-order valence-electron chi connectivity index (χ2n) is 5.25. The summed E-state index contributed by atoms with van der Waals surface area (Å²) in [6, 6.07) is 12.7. The minimum absolute atomic E-state index is 0. The number of aromatic carboxylic acids is 1. The molecule has 4 nitrogen and oxygen atoms in total. The zero-order valence-electron chi connectivity index (χ0n) is 12.9. The standard InChI is InChI=1S/C18H10Cl3NO3S.Li.H/c19-10-2-3-11(13(20)8-10)17(23)22-14-4-1-9(7-12(14)18(24)25)15-5-6-16(21)26-15;;/h1-8H,(H,22,23)(H,24,25);;. The first-order valence-electron chi connectivity index (χ1n) is 7.24. The maximum absolute atomic E-state index is 12.4. The Morgan fingerprint density at radius 1 is 0.926 bits per heavy atom. The van der Waals surface area contributed by atoms with Gasteiger partial charge in [0.2, 0.25) is 0 Å². The molecule has 1 amide bonds. The molecule has 0 spiro atoms. The second-order valence-corrected chi connectivity index (χ2v) is 7.81. The Morgan fingerprint density at radius 2 is 1.67 bits per heavy atom. The fraction of sp³-hybridized carbons (Fsp3) is 0. The fourth-order valence-electron chi connectivity index (χ4n) is 2.32. The Kier molecular flexibility index (Phi) is 7.41. The van der Waals surface area contributed by atoms with E-state index in [0.717, 1.165) is 4.88 Å². The molecule has 0 fully saturated rings. The molecular formula is C18H11Cl3LiNO3S. The van der Waals surface area contributed by atoms with Gasteiger partial charge in [-0.25, -0.2) is 4.79 Å². The van der Waals surface area contributed by atoms with Crippen LogP contribution in [0.25, 0.3) is 10.4 Å². The number of carboxylic acids is 1. The number of anilines is 1. The molecule has 0 aliphatic rings. The van der Waals surface area contributed by atoms with Gasteiger partial charge in [-0.2, -0.15) is 0 Å². The van der Waals surface area contributed by atoms with Crippen molar-refractivity contribution in [2.75, 3.05) is 5.32 Å². The molecule has 9 heteroatoms. The molecule has 0 atom stereocenters. The van der Waals surface area contributed by atoms with Crippen LogP contribution in [0.1, 0.15) is 20.7 Å². The number of rotatable bonds is 4. The van der Waals surface area contributed by atoms with Crippen LogP contribution < -0.4 is 5.32 Å². The third-order valence-electron chi connectivity index (χ3n) is 3.53. The van der Waals surface area contributed by atoms with Crippen LogP contribution in [0.15, 0.2) is 48.5 Å². The van der Waals surface area contributed by atoms with Crippen molar-refractivity contribution < 1.29 is 14.7 Å². The van der Waals surface area contributed by atoms with Crippen LogP contribution in [0.4, 0.5) is 5.69 Å². The number of amides is 1. The third kappa shape index (κ3) is 5.08. The zero-order chi connectivity index (χ0) is 18.8. The molecule has 0 unspecified atom stereocenters. The number of carbonyl (C=O) groups is 2. The third-order valence-corrected chi connectivity index (χ3v) is 5.36. The van der Waals surface area contributed by atoms with Crippen LogP contribution in [0.2, 0.25) is 14.4 Å². The van der Waals surface area contributed by atoms with Crippen molar-refractivity contribution >= 4 is 82.6 Å². The summed E-state index contributed by atoms with van der Waals surface area (Å²) in [5.41, 5.74) is 1.02. The summed E-state index contributed by atoms with van der Waals surface area (Å²) in [7, 11) is 0. The van der Waals surface area contributed by atoms with Gasteiger partial charge in [-0.1, -0.05) is 40.9 Å². The van der Waals surface area contributed by atoms with Crippen molar-refractivity contribution in [3.05, 3.63) is 74.0 Å². The average molecular weight is 435 g/mol. The molecule has 0 saturated heterocycles. The van der Waals surface area contributed by atoms with E-state index in [-0.39, 0.29) is 40.7 Å². The summed E-state index contributed by atoms with van der Waals surface area (Å²) in [6.45, 7) is 0. The average Bonchev–Trinajstić information content (AvgIpc) is 3.01. The molecule has 3 aromatic rings. The summed E-state index contributed by atoms with van der Waals surface area (Å²) in [6.07, 6.45) is 0. The predicted molar refractivity (Wildman–Crippen MR) is 113 cm³/mol. The monoisotopic (exact) mass is 433 g/mol. The molecule has 0 bridgehead atoms. The van der Waals surface area contributed by atoms with Crippen LogP contribution in [-0.2, 0) is 0 Å². The van der Waals surface area contributed by atoms with Crippen molar-refractivity contribution in [3.63, 3.8) is 0 Å². The van der Waals surface area contributed by atoms with Crippen LogP contribution in [0.5, 0.6) is 0 Å². The van der Waals surface area contributed by atoms with Gasteiger partial charge in [0.15, 0.2) is 0 Å². The summed E-state index contributed by atoms with van der Waals surface area (Å²) < 4.78 is 0.603. The van der Waals surface area contributed by atoms with Gasteiger partial charge in [0.1, 0.15) is 0 Å². The Morgan fingerprint density at radius 3 is 2.26 bits per heavy atom. The van der Waals surface area contributed by atoms with E-state index in [4.69, 9.17) is 34.8 Å². The molecule has 134 valence electrons. The topological polar surface area (TPSA) is 66.4 Å². The van der Waals surface area contributed by atoms with Crippen molar-refractivity contribution in [1.29, 1.82) is 0 Å². The van der Waals surface area contributed by atoms with Crippen molar-refractivity contribution in [3.8, 4) is 10.4 Å². The molecule has 27 heavy (non-hydrogen) atoms. The maximum atomic E-state index is 12.4. The summed E-state index contributed by atoms with van der Waals surface area (Å²) in [5.74, 6) is -1.69. The van der Waals surface area contributed by atoms with Gasteiger partial charge in [0.05, 0.1) is 26.2 Å². The van der Waals surface area contributed by atoms with Gasteiger partial charge in [0.25, 0.3) is 5.91 Å². The molecule has 2 N–H and O–H groups in total. The van der Waals surface area contributed by atoms with Crippen molar-refractivity contribution in [1.82, 2.24) is 0 Å². The molecule has 0 aliphatic carbocycles. The number of carbonyl (C=O) groups excluding carboxylic acids is 1. The molecule has 0 saturated carbocycles. The predicted octanol–water partition coefficient (Wildman–Crippen LogP) is 5.68. The number of hydrogen-bond donors (Lipinski definition) is 2. The molecule has 3 rings (SSSR count). The number of benzene rings is 2. The second kappa shape index (κ2) is 9.16. The van der Waals surface area contributed by atoms with Gasteiger partial charge in [0, 0.05) is 9.90 Å². The quantitative estimate of drug-likeness (QED) is 0.519. The van der Waals surface area contributed by atoms with E-state index in [2.05, 4.69) is 5.32 Å². The van der Waals surface area contributed by atoms with E-state index in [0.29, 0.717) is 14.9 Å². The van der Waals surface area contributed by atoms with E-state index >= 15 is 0 Å². The van der Waals surface area contributed by atoms with Gasteiger partial charge >= 0.3 is 24.8 Å². The van der Waals surface area contributed by atoms with Gasteiger partial charge in [-0.05, 0) is 48.0 Å². The van der Waals surface area contributed by atoms with E-state index in [1.165, 1.54) is 41.7 Å². The van der Waals surface area contributed by atoms with E-state index in [1.54, 1.807) is 18.2 Å². The number of carboxylic acid groups (broad SMARTS) is 1. The van der Waals surface area contributed by atoms with E-state index in [9.17, 15) is 14.7 Å². The summed E-state index contributed by atoms with van der Waals surface area (Å²) in [5, 5.41) is 12.7. The Hall–Kier alpha value is -1.45. The number of hydrogen-bond acceptors (Lipinski definition) is 3. The molecule has 0 radical (unpaired) electrons. The zero-order valence-corrected chi connectivity index (χ0v) is 16.0. The number of halogens is 3. The van der Waals surface area contributed by atoms with Crippen LogP contribution in [0.3, 0.4) is 0 Å². The summed E-state index contributed by atoms with van der Waals surface area (Å²) >= 11 is 19.1.